The Morgan fingerprint density at radius 2 is 1.17 bits per heavy atom. The monoisotopic (exact) mass is 339 g/mol. The fraction of sp³-hybridized carbons (Fsp3) is 0.762. The van der Waals surface area contributed by atoms with Gasteiger partial charge in [-0.05, 0) is 6.42 Å². The topological polar surface area (TPSA) is 3.88 Å². The van der Waals surface area contributed by atoms with Crippen molar-refractivity contribution in [2.24, 2.45) is 5.92 Å². The molecule has 0 saturated heterocycles. The molecule has 0 aliphatic rings. The fourth-order valence-corrected chi connectivity index (χ4v) is 3.16. The van der Waals surface area contributed by atoms with Crippen LogP contribution >= 0.6 is 0 Å². The number of aromatic nitrogens is 1. The van der Waals surface area contributed by atoms with Gasteiger partial charge in [0.1, 0.15) is 0 Å². The van der Waals surface area contributed by atoms with Gasteiger partial charge in [0.05, 0.1) is 0 Å². The second-order valence-corrected chi connectivity index (χ2v) is 7.00. The average molecular weight is 340 g/mol. The van der Waals surface area contributed by atoms with Gasteiger partial charge < -0.3 is 12.4 Å². The lowest BCUT2D eigenvalue weighted by Crippen LogP contribution is -3.00. The molecule has 0 radical (unpaired) electrons. The largest absolute Gasteiger partial charge is 1.00 e. The summed E-state index contributed by atoms with van der Waals surface area (Å²) in [4.78, 5) is 0. The molecular weight excluding hydrogens is 302 g/mol. The first-order chi connectivity index (χ1) is 10.8. The van der Waals surface area contributed by atoms with Crippen molar-refractivity contribution in [2.75, 3.05) is 0 Å². The Labute approximate surface area is 151 Å². The summed E-state index contributed by atoms with van der Waals surface area (Å²) in [7, 11) is 0. The van der Waals surface area contributed by atoms with Gasteiger partial charge in [0, 0.05) is 18.1 Å². The standard InChI is InChI=1S/C21H38N.ClH/c1-3-4-5-6-7-8-9-10-11-12-14-17-21(2)20-22-18-15-13-16-19-22;/h13,15-16,18-19,21H,3-12,14,17,20H2,1-2H3;1H/q+1;/p-1. The van der Waals surface area contributed by atoms with Crippen LogP contribution in [0.4, 0.5) is 0 Å². The summed E-state index contributed by atoms with van der Waals surface area (Å²) in [6, 6.07) is 6.33. The Kier molecular flexibility index (Phi) is 15.9. The lowest BCUT2D eigenvalue weighted by molar-refractivity contribution is -0.703. The van der Waals surface area contributed by atoms with E-state index in [4.69, 9.17) is 0 Å². The summed E-state index contributed by atoms with van der Waals surface area (Å²) in [6.45, 7) is 5.84. The van der Waals surface area contributed by atoms with E-state index in [1.54, 1.807) is 0 Å². The van der Waals surface area contributed by atoms with Crippen LogP contribution in [0.15, 0.2) is 30.6 Å². The molecule has 23 heavy (non-hydrogen) atoms. The Hall–Kier alpha value is -0.560. The van der Waals surface area contributed by atoms with Crippen LogP contribution in [0, 0.1) is 5.92 Å². The van der Waals surface area contributed by atoms with Crippen LogP contribution in [-0.2, 0) is 6.54 Å². The zero-order chi connectivity index (χ0) is 15.9. The molecule has 0 bridgehead atoms. The van der Waals surface area contributed by atoms with Crippen molar-refractivity contribution in [1.82, 2.24) is 0 Å². The molecule has 1 rings (SSSR count). The highest BCUT2D eigenvalue weighted by molar-refractivity contribution is 4.83. The second kappa shape index (κ2) is 16.3. The minimum Gasteiger partial charge on any atom is -1.00 e. The van der Waals surface area contributed by atoms with Gasteiger partial charge in [-0.2, -0.15) is 0 Å². The maximum atomic E-state index is 2.39. The fourth-order valence-electron chi connectivity index (χ4n) is 3.16. The van der Waals surface area contributed by atoms with E-state index in [1.807, 2.05) is 0 Å². The molecule has 1 nitrogen and oxygen atoms in total. The van der Waals surface area contributed by atoms with Crippen LogP contribution in [-0.4, -0.2) is 0 Å². The number of hydrogen-bond acceptors (Lipinski definition) is 0. The van der Waals surface area contributed by atoms with E-state index in [2.05, 4.69) is 49.0 Å². The number of hydrogen-bond donors (Lipinski definition) is 0. The maximum Gasteiger partial charge on any atom is 0.168 e. The van der Waals surface area contributed by atoms with Gasteiger partial charge in [0.2, 0.25) is 0 Å². The lowest BCUT2D eigenvalue weighted by Gasteiger charge is -2.08. The van der Waals surface area contributed by atoms with E-state index in [9.17, 15) is 0 Å². The summed E-state index contributed by atoms with van der Waals surface area (Å²) in [5.41, 5.74) is 0. The van der Waals surface area contributed by atoms with Crippen molar-refractivity contribution in [3.63, 3.8) is 0 Å². The quantitative estimate of drug-likeness (QED) is 0.361. The first-order valence-electron chi connectivity index (χ1n) is 9.77. The third-order valence-electron chi connectivity index (χ3n) is 4.60. The van der Waals surface area contributed by atoms with Crippen LogP contribution in [0.1, 0.15) is 90.9 Å². The average Bonchev–Trinajstić information content (AvgIpc) is 2.53. The van der Waals surface area contributed by atoms with E-state index in [1.165, 1.54) is 83.6 Å². The molecule has 0 aliphatic carbocycles. The highest BCUT2D eigenvalue weighted by Crippen LogP contribution is 2.14. The molecule has 0 aliphatic heterocycles. The first-order valence-corrected chi connectivity index (χ1v) is 9.77. The molecule has 0 N–H and O–H groups in total. The zero-order valence-corrected chi connectivity index (χ0v) is 16.2. The van der Waals surface area contributed by atoms with Crippen molar-refractivity contribution >= 4 is 0 Å². The van der Waals surface area contributed by atoms with E-state index in [0.717, 1.165) is 5.92 Å². The highest BCUT2D eigenvalue weighted by atomic mass is 35.5. The molecule has 2 heteroatoms. The third-order valence-corrected chi connectivity index (χ3v) is 4.60. The minimum absolute atomic E-state index is 0. The Morgan fingerprint density at radius 1 is 0.696 bits per heavy atom. The van der Waals surface area contributed by atoms with Crippen molar-refractivity contribution in [3.8, 4) is 0 Å². The predicted octanol–water partition coefficient (Wildman–Crippen LogP) is 3.32. The lowest BCUT2D eigenvalue weighted by atomic mass is 10.0. The molecule has 0 spiro atoms. The third kappa shape index (κ3) is 13.6. The maximum absolute atomic E-state index is 2.39. The van der Waals surface area contributed by atoms with Crippen LogP contribution in [0.25, 0.3) is 0 Å². The van der Waals surface area contributed by atoms with Crippen LogP contribution in [0.3, 0.4) is 0 Å². The number of rotatable bonds is 14. The number of halogens is 1. The normalized spacial score (nSPS) is 11.9. The summed E-state index contributed by atoms with van der Waals surface area (Å²) in [6.07, 6.45) is 21.6. The minimum atomic E-state index is 0. The van der Waals surface area contributed by atoms with E-state index in [0.29, 0.717) is 0 Å². The van der Waals surface area contributed by atoms with Crippen molar-refractivity contribution < 1.29 is 17.0 Å². The Morgan fingerprint density at radius 3 is 1.70 bits per heavy atom. The van der Waals surface area contributed by atoms with Gasteiger partial charge >= 0.3 is 0 Å². The van der Waals surface area contributed by atoms with E-state index < -0.39 is 0 Å². The molecule has 1 heterocycles. The second-order valence-electron chi connectivity index (χ2n) is 7.00. The predicted molar refractivity (Wildman–Crippen MR) is 96.9 cm³/mol. The molecule has 1 atom stereocenters. The van der Waals surface area contributed by atoms with E-state index in [-0.39, 0.29) is 12.4 Å². The molecule has 0 aromatic carbocycles. The Balaban J connectivity index is 0.00000484. The van der Waals surface area contributed by atoms with Crippen LogP contribution < -0.4 is 17.0 Å². The highest BCUT2D eigenvalue weighted by Gasteiger charge is 2.07. The Bertz CT molecular complexity index is 339. The SMILES string of the molecule is CCCCCCCCCCCCCC(C)C[n+]1ccccc1.[Cl-]. The summed E-state index contributed by atoms with van der Waals surface area (Å²) in [5, 5.41) is 0. The number of unbranched alkanes of at least 4 members (excludes halogenated alkanes) is 10. The van der Waals surface area contributed by atoms with Crippen molar-refractivity contribution in [2.45, 2.75) is 97.4 Å². The zero-order valence-electron chi connectivity index (χ0n) is 15.5. The van der Waals surface area contributed by atoms with Crippen molar-refractivity contribution in [3.05, 3.63) is 30.6 Å². The summed E-state index contributed by atoms with van der Waals surface area (Å²) < 4.78 is 2.31. The molecule has 134 valence electrons. The van der Waals surface area contributed by atoms with Crippen molar-refractivity contribution in [1.29, 1.82) is 0 Å². The summed E-state index contributed by atoms with van der Waals surface area (Å²) >= 11 is 0. The summed E-state index contributed by atoms with van der Waals surface area (Å²) in [5.74, 6) is 0.797. The van der Waals surface area contributed by atoms with Gasteiger partial charge in [0.25, 0.3) is 0 Å². The molecule has 1 aromatic rings. The van der Waals surface area contributed by atoms with Gasteiger partial charge in [0.15, 0.2) is 18.9 Å². The first kappa shape index (κ1) is 22.4. The van der Waals surface area contributed by atoms with Gasteiger partial charge in [-0.3, -0.25) is 0 Å². The smallest absolute Gasteiger partial charge is 0.168 e. The van der Waals surface area contributed by atoms with Gasteiger partial charge in [-0.15, -0.1) is 0 Å². The number of pyridine rings is 1. The molecular formula is C21H38ClN. The van der Waals surface area contributed by atoms with Crippen LogP contribution in [0.5, 0.6) is 0 Å². The molecule has 0 amide bonds. The number of nitrogens with zero attached hydrogens (tertiary/aromatic N) is 1. The molecule has 1 unspecified atom stereocenters. The van der Waals surface area contributed by atoms with E-state index >= 15 is 0 Å². The van der Waals surface area contributed by atoms with Gasteiger partial charge in [-0.25, -0.2) is 4.57 Å². The molecule has 0 saturated carbocycles. The molecule has 1 aromatic heterocycles. The van der Waals surface area contributed by atoms with Crippen LogP contribution in [0.2, 0.25) is 0 Å². The molecule has 0 fully saturated rings. The van der Waals surface area contributed by atoms with Gasteiger partial charge in [-0.1, -0.05) is 90.5 Å².